The van der Waals surface area contributed by atoms with Gasteiger partial charge in [-0.25, -0.2) is 0 Å². The summed E-state index contributed by atoms with van der Waals surface area (Å²) in [4.78, 5) is 2.48. The number of benzene rings is 1. The van der Waals surface area contributed by atoms with E-state index in [1.165, 1.54) is 34.4 Å². The predicted molar refractivity (Wildman–Crippen MR) is 74.2 cm³/mol. The van der Waals surface area contributed by atoms with Gasteiger partial charge in [0.25, 0.3) is 0 Å². The first-order chi connectivity index (χ1) is 7.49. The van der Waals surface area contributed by atoms with Crippen molar-refractivity contribution in [1.82, 2.24) is 0 Å². The van der Waals surface area contributed by atoms with E-state index in [2.05, 4.69) is 60.7 Å². The number of anilines is 1. The number of hydrogen-bond donors (Lipinski definition) is 0. The molecule has 0 spiro atoms. The molecule has 1 aromatic carbocycles. The lowest BCUT2D eigenvalue weighted by Gasteiger charge is -2.43. The van der Waals surface area contributed by atoms with E-state index in [1.807, 2.05) is 0 Å². The minimum absolute atomic E-state index is 0.814. The topological polar surface area (TPSA) is 3.24 Å². The molecule has 0 radical (unpaired) electrons. The molecule has 1 saturated heterocycles. The van der Waals surface area contributed by atoms with Gasteiger partial charge in [-0.1, -0.05) is 29.8 Å². The third-order valence-electron chi connectivity index (χ3n) is 3.64. The number of halogens is 1. The van der Waals surface area contributed by atoms with Crippen LogP contribution in [-0.2, 0) is 0 Å². The average Bonchev–Trinajstić information content (AvgIpc) is 2.10. The van der Waals surface area contributed by atoms with Gasteiger partial charge in [0.1, 0.15) is 0 Å². The first-order valence-corrected chi connectivity index (χ1v) is 6.80. The van der Waals surface area contributed by atoms with Gasteiger partial charge < -0.3 is 4.90 Å². The minimum atomic E-state index is 0.814. The maximum atomic E-state index is 3.62. The summed E-state index contributed by atoms with van der Waals surface area (Å²) in [5.41, 5.74) is 4.06. The molecule has 1 fully saturated rings. The van der Waals surface area contributed by atoms with Crippen molar-refractivity contribution in [3.63, 3.8) is 0 Å². The van der Waals surface area contributed by atoms with Crippen LogP contribution in [0.3, 0.4) is 0 Å². The quantitative estimate of drug-likeness (QED) is 0.787. The lowest BCUT2D eigenvalue weighted by molar-refractivity contribution is 0.310. The summed E-state index contributed by atoms with van der Waals surface area (Å²) in [5.74, 6) is 1.69. The van der Waals surface area contributed by atoms with Crippen molar-refractivity contribution in [3.8, 4) is 0 Å². The maximum absolute atomic E-state index is 3.62. The molecule has 88 valence electrons. The Morgan fingerprint density at radius 1 is 1.19 bits per heavy atom. The molecule has 0 aliphatic carbocycles. The van der Waals surface area contributed by atoms with Crippen molar-refractivity contribution >= 4 is 21.6 Å². The molecule has 0 amide bonds. The highest BCUT2D eigenvalue weighted by Gasteiger charge is 2.29. The normalized spacial score (nSPS) is 16.8. The Hall–Kier alpha value is -0.500. The summed E-state index contributed by atoms with van der Waals surface area (Å²) >= 11 is 3.62. The van der Waals surface area contributed by atoms with Crippen LogP contribution in [0.5, 0.6) is 0 Å². The fourth-order valence-electron chi connectivity index (χ4n) is 2.25. The zero-order valence-corrected chi connectivity index (χ0v) is 12.1. The standard InChI is InChI=1S/C14H20BrN/c1-9(2)12-7-16(8-12)13-5-10(3)14(15)11(4)6-13/h5-6,9,12H,7-8H2,1-4H3. The van der Waals surface area contributed by atoms with Gasteiger partial charge in [0.05, 0.1) is 0 Å². The van der Waals surface area contributed by atoms with Gasteiger partial charge in [0.15, 0.2) is 0 Å². The monoisotopic (exact) mass is 281 g/mol. The van der Waals surface area contributed by atoms with Crippen molar-refractivity contribution in [2.75, 3.05) is 18.0 Å². The van der Waals surface area contributed by atoms with Gasteiger partial charge in [-0.3, -0.25) is 0 Å². The van der Waals surface area contributed by atoms with E-state index in [0.29, 0.717) is 0 Å². The number of hydrogen-bond acceptors (Lipinski definition) is 1. The van der Waals surface area contributed by atoms with E-state index in [4.69, 9.17) is 0 Å². The van der Waals surface area contributed by atoms with Crippen LogP contribution in [0.25, 0.3) is 0 Å². The molecule has 1 aromatic rings. The van der Waals surface area contributed by atoms with E-state index < -0.39 is 0 Å². The second-order valence-electron chi connectivity index (χ2n) is 5.30. The Morgan fingerprint density at radius 2 is 1.69 bits per heavy atom. The Bertz CT molecular complexity index is 369. The van der Waals surface area contributed by atoms with Crippen LogP contribution in [0.2, 0.25) is 0 Å². The Kier molecular flexibility index (Phi) is 3.29. The lowest BCUT2D eigenvalue weighted by atomic mass is 9.88. The highest BCUT2D eigenvalue weighted by Crippen LogP contribution is 2.33. The van der Waals surface area contributed by atoms with Crippen LogP contribution in [0.15, 0.2) is 16.6 Å². The van der Waals surface area contributed by atoms with E-state index in [9.17, 15) is 0 Å². The van der Waals surface area contributed by atoms with Gasteiger partial charge >= 0.3 is 0 Å². The largest absolute Gasteiger partial charge is 0.371 e. The molecule has 0 saturated carbocycles. The van der Waals surface area contributed by atoms with Crippen LogP contribution >= 0.6 is 15.9 Å². The van der Waals surface area contributed by atoms with Gasteiger partial charge in [-0.15, -0.1) is 0 Å². The molecule has 1 nitrogen and oxygen atoms in total. The zero-order valence-electron chi connectivity index (χ0n) is 10.5. The molecule has 1 aliphatic rings. The molecule has 2 rings (SSSR count). The highest BCUT2D eigenvalue weighted by molar-refractivity contribution is 9.10. The van der Waals surface area contributed by atoms with E-state index in [-0.39, 0.29) is 0 Å². The van der Waals surface area contributed by atoms with Crippen molar-refractivity contribution in [2.45, 2.75) is 27.7 Å². The van der Waals surface area contributed by atoms with Crippen molar-refractivity contribution in [3.05, 3.63) is 27.7 Å². The number of rotatable bonds is 2. The third-order valence-corrected chi connectivity index (χ3v) is 4.89. The van der Waals surface area contributed by atoms with Gasteiger partial charge in [-0.05, 0) is 48.9 Å². The summed E-state index contributed by atoms with van der Waals surface area (Å²) in [5, 5.41) is 0. The Labute approximate surface area is 107 Å². The summed E-state index contributed by atoms with van der Waals surface area (Å²) in [7, 11) is 0. The van der Waals surface area contributed by atoms with Crippen LogP contribution in [0.1, 0.15) is 25.0 Å². The van der Waals surface area contributed by atoms with Gasteiger partial charge in [0.2, 0.25) is 0 Å². The van der Waals surface area contributed by atoms with Crippen LogP contribution < -0.4 is 4.90 Å². The van der Waals surface area contributed by atoms with Crippen LogP contribution in [-0.4, -0.2) is 13.1 Å². The molecule has 2 heteroatoms. The molecule has 0 N–H and O–H groups in total. The molecule has 0 bridgehead atoms. The first kappa shape index (κ1) is 12.0. The van der Waals surface area contributed by atoms with Crippen LogP contribution in [0, 0.1) is 25.7 Å². The molecule has 1 aliphatic heterocycles. The third kappa shape index (κ3) is 2.13. The average molecular weight is 282 g/mol. The minimum Gasteiger partial charge on any atom is -0.371 e. The predicted octanol–water partition coefficient (Wildman–Crippen LogP) is 4.16. The Morgan fingerprint density at radius 3 is 2.12 bits per heavy atom. The van der Waals surface area contributed by atoms with Crippen molar-refractivity contribution < 1.29 is 0 Å². The first-order valence-electron chi connectivity index (χ1n) is 6.00. The van der Waals surface area contributed by atoms with E-state index in [0.717, 1.165) is 11.8 Å². The fourth-order valence-corrected chi connectivity index (χ4v) is 2.48. The fraction of sp³-hybridized carbons (Fsp3) is 0.571. The van der Waals surface area contributed by atoms with Gasteiger partial charge in [-0.2, -0.15) is 0 Å². The Balaban J connectivity index is 2.13. The summed E-state index contributed by atoms with van der Waals surface area (Å²) in [6.07, 6.45) is 0. The van der Waals surface area contributed by atoms with Gasteiger partial charge in [0, 0.05) is 23.2 Å². The molecule has 16 heavy (non-hydrogen) atoms. The van der Waals surface area contributed by atoms with Crippen molar-refractivity contribution in [1.29, 1.82) is 0 Å². The molecule has 1 heterocycles. The summed E-state index contributed by atoms with van der Waals surface area (Å²) in [6, 6.07) is 4.57. The van der Waals surface area contributed by atoms with E-state index >= 15 is 0 Å². The highest BCUT2D eigenvalue weighted by atomic mass is 79.9. The SMILES string of the molecule is Cc1cc(N2CC(C(C)C)C2)cc(C)c1Br. The van der Waals surface area contributed by atoms with Crippen molar-refractivity contribution in [2.24, 2.45) is 11.8 Å². The summed E-state index contributed by atoms with van der Waals surface area (Å²) in [6.45, 7) is 11.4. The molecular formula is C14H20BrN. The maximum Gasteiger partial charge on any atom is 0.0372 e. The van der Waals surface area contributed by atoms with E-state index in [1.54, 1.807) is 0 Å². The second kappa shape index (κ2) is 4.40. The smallest absolute Gasteiger partial charge is 0.0372 e. The lowest BCUT2D eigenvalue weighted by Crippen LogP contribution is -2.49. The molecular weight excluding hydrogens is 262 g/mol. The summed E-state index contributed by atoms with van der Waals surface area (Å²) < 4.78 is 1.25. The number of nitrogens with zero attached hydrogens (tertiary/aromatic N) is 1. The molecule has 0 unspecified atom stereocenters. The number of aryl methyl sites for hydroxylation is 2. The van der Waals surface area contributed by atoms with Crippen LogP contribution in [0.4, 0.5) is 5.69 Å². The molecule has 0 aromatic heterocycles. The molecule has 0 atom stereocenters. The second-order valence-corrected chi connectivity index (χ2v) is 6.10. The zero-order chi connectivity index (χ0) is 11.9.